The van der Waals surface area contributed by atoms with Crippen molar-refractivity contribution in [3.05, 3.63) is 28.0 Å². The Morgan fingerprint density at radius 3 is 2.65 bits per heavy atom. The number of carboxylic acid groups (broad SMARTS) is 1. The normalized spacial score (nSPS) is 15.5. The number of benzene rings is 1. The first kappa shape index (κ1) is 13.7. The van der Waals surface area contributed by atoms with Gasteiger partial charge >= 0.3 is 5.97 Å². The van der Waals surface area contributed by atoms with E-state index in [0.29, 0.717) is 22.5 Å². The lowest BCUT2D eigenvalue weighted by Gasteiger charge is -2.25. The summed E-state index contributed by atoms with van der Waals surface area (Å²) in [7, 11) is 0. The van der Waals surface area contributed by atoms with Gasteiger partial charge in [-0.3, -0.25) is 4.79 Å². The average molecular weight is 313 g/mol. The number of halogens is 2. The van der Waals surface area contributed by atoms with Gasteiger partial charge in [0, 0.05) is 12.5 Å². The summed E-state index contributed by atoms with van der Waals surface area (Å²) >= 11 is 12.1. The quantitative estimate of drug-likeness (QED) is 0.925. The molecule has 1 fully saturated rings. The van der Waals surface area contributed by atoms with Crippen LogP contribution in [0.25, 0.3) is 11.0 Å². The maximum absolute atomic E-state index is 10.8. The molecule has 1 aliphatic carbocycles. The van der Waals surface area contributed by atoms with Gasteiger partial charge in [0.25, 0.3) is 0 Å². The molecule has 0 bridgehead atoms. The Balaban J connectivity index is 2.09. The third kappa shape index (κ3) is 2.38. The summed E-state index contributed by atoms with van der Waals surface area (Å²) in [5.41, 5.74) is 1.65. The van der Waals surface area contributed by atoms with E-state index in [1.807, 2.05) is 4.57 Å². The van der Waals surface area contributed by atoms with Gasteiger partial charge in [0.15, 0.2) is 0 Å². The number of nitrogens with zero attached hydrogens (tertiary/aromatic N) is 2. The molecule has 6 heteroatoms. The smallest absolute Gasteiger partial charge is 0.305 e. The number of fused-ring (bicyclic) bond motifs is 1. The first-order chi connectivity index (χ1) is 9.56. The minimum Gasteiger partial charge on any atom is -0.481 e. The molecule has 1 aliphatic rings. The van der Waals surface area contributed by atoms with E-state index in [9.17, 15) is 4.79 Å². The molecule has 2 aromatic rings. The second kappa shape index (κ2) is 5.26. The van der Waals surface area contributed by atoms with Crippen molar-refractivity contribution in [3.8, 4) is 0 Å². The van der Waals surface area contributed by atoms with Crippen LogP contribution in [0, 0.1) is 0 Å². The van der Waals surface area contributed by atoms with Gasteiger partial charge in [-0.25, -0.2) is 4.98 Å². The average Bonchev–Trinajstić information content (AvgIpc) is 2.63. The lowest BCUT2D eigenvalue weighted by Crippen LogP contribution is -2.16. The highest BCUT2D eigenvalue weighted by atomic mass is 35.5. The van der Waals surface area contributed by atoms with E-state index >= 15 is 0 Å². The maximum Gasteiger partial charge on any atom is 0.305 e. The third-order valence-corrected chi connectivity index (χ3v) is 4.56. The lowest BCUT2D eigenvalue weighted by molar-refractivity contribution is -0.137. The van der Waals surface area contributed by atoms with Gasteiger partial charge in [0.05, 0.1) is 27.5 Å². The van der Waals surface area contributed by atoms with Crippen molar-refractivity contribution in [1.29, 1.82) is 0 Å². The van der Waals surface area contributed by atoms with E-state index < -0.39 is 5.97 Å². The Bertz CT molecular complexity index is 677. The fraction of sp³-hybridized carbons (Fsp3) is 0.429. The van der Waals surface area contributed by atoms with Crippen LogP contribution in [-0.2, 0) is 11.3 Å². The van der Waals surface area contributed by atoms with Crippen molar-refractivity contribution in [3.63, 3.8) is 0 Å². The van der Waals surface area contributed by atoms with Crippen LogP contribution >= 0.6 is 23.2 Å². The van der Waals surface area contributed by atoms with Crippen molar-refractivity contribution >= 4 is 40.2 Å². The number of aromatic nitrogens is 2. The van der Waals surface area contributed by atoms with Crippen LogP contribution in [0.2, 0.25) is 10.0 Å². The zero-order valence-corrected chi connectivity index (χ0v) is 12.3. The fourth-order valence-corrected chi connectivity index (χ4v) is 2.88. The van der Waals surface area contributed by atoms with E-state index in [0.717, 1.165) is 29.7 Å². The molecule has 106 valence electrons. The van der Waals surface area contributed by atoms with E-state index in [1.54, 1.807) is 12.1 Å². The van der Waals surface area contributed by atoms with Crippen molar-refractivity contribution in [2.45, 2.75) is 38.1 Å². The third-order valence-electron chi connectivity index (χ3n) is 3.84. The molecule has 0 radical (unpaired) electrons. The van der Waals surface area contributed by atoms with Gasteiger partial charge in [-0.2, -0.15) is 0 Å². The summed E-state index contributed by atoms with van der Waals surface area (Å²) in [6.07, 6.45) is 3.50. The first-order valence-electron chi connectivity index (χ1n) is 6.63. The molecule has 0 unspecified atom stereocenters. The van der Waals surface area contributed by atoms with Crippen molar-refractivity contribution in [2.75, 3.05) is 0 Å². The molecule has 3 rings (SSSR count). The van der Waals surface area contributed by atoms with Crippen LogP contribution in [0.4, 0.5) is 0 Å². The predicted molar refractivity (Wildman–Crippen MR) is 78.6 cm³/mol. The van der Waals surface area contributed by atoms with Crippen LogP contribution in [0.15, 0.2) is 12.1 Å². The number of aryl methyl sites for hydroxylation is 1. The summed E-state index contributed by atoms with van der Waals surface area (Å²) < 4.78 is 1.98. The minimum atomic E-state index is -0.813. The SMILES string of the molecule is O=C(O)CCn1c(C2CCC2)nc2cc(Cl)c(Cl)cc21. The molecule has 0 amide bonds. The number of hydrogen-bond donors (Lipinski definition) is 1. The second-order valence-corrected chi connectivity index (χ2v) is 5.96. The molecule has 1 saturated carbocycles. The number of rotatable bonds is 4. The van der Waals surface area contributed by atoms with Gasteiger partial charge in [-0.05, 0) is 25.0 Å². The topological polar surface area (TPSA) is 55.1 Å². The molecule has 1 N–H and O–H groups in total. The zero-order valence-electron chi connectivity index (χ0n) is 10.8. The predicted octanol–water partition coefficient (Wildman–Crippen LogP) is 4.09. The monoisotopic (exact) mass is 312 g/mol. The summed E-state index contributed by atoms with van der Waals surface area (Å²) in [5, 5.41) is 9.85. The number of carboxylic acids is 1. The highest BCUT2D eigenvalue weighted by molar-refractivity contribution is 6.42. The number of carbonyl (C=O) groups is 1. The fourth-order valence-electron chi connectivity index (χ4n) is 2.56. The molecule has 20 heavy (non-hydrogen) atoms. The highest BCUT2D eigenvalue weighted by Crippen LogP contribution is 2.38. The molecule has 1 heterocycles. The van der Waals surface area contributed by atoms with Crippen molar-refractivity contribution < 1.29 is 9.90 Å². The highest BCUT2D eigenvalue weighted by Gasteiger charge is 2.26. The lowest BCUT2D eigenvalue weighted by atomic mass is 9.85. The Morgan fingerprint density at radius 1 is 1.35 bits per heavy atom. The zero-order chi connectivity index (χ0) is 14.3. The van der Waals surface area contributed by atoms with Gasteiger partial charge in [-0.1, -0.05) is 29.6 Å². The van der Waals surface area contributed by atoms with Gasteiger partial charge < -0.3 is 9.67 Å². The van der Waals surface area contributed by atoms with Gasteiger partial charge in [0.1, 0.15) is 5.82 Å². The van der Waals surface area contributed by atoms with Crippen molar-refractivity contribution in [2.24, 2.45) is 0 Å². The molecule has 1 aromatic carbocycles. The molecular weight excluding hydrogens is 299 g/mol. The number of aliphatic carboxylic acids is 1. The standard InChI is InChI=1S/C14H14Cl2N2O2/c15-9-6-11-12(7-10(9)16)18(5-4-13(19)20)14(17-11)8-2-1-3-8/h6-8H,1-5H2,(H,19,20). The number of imidazole rings is 1. The van der Waals surface area contributed by atoms with Crippen LogP contribution in [0.5, 0.6) is 0 Å². The number of hydrogen-bond acceptors (Lipinski definition) is 2. The van der Waals surface area contributed by atoms with Crippen molar-refractivity contribution in [1.82, 2.24) is 9.55 Å². The Morgan fingerprint density at radius 2 is 2.05 bits per heavy atom. The molecule has 4 nitrogen and oxygen atoms in total. The molecular formula is C14H14Cl2N2O2. The summed E-state index contributed by atoms with van der Waals surface area (Å²) in [5.74, 6) is 0.575. The molecule has 0 aliphatic heterocycles. The van der Waals surface area contributed by atoms with Crippen LogP contribution in [0.1, 0.15) is 37.4 Å². The molecule has 1 aromatic heterocycles. The second-order valence-electron chi connectivity index (χ2n) is 5.15. The van der Waals surface area contributed by atoms with E-state index in [1.165, 1.54) is 6.42 Å². The molecule has 0 atom stereocenters. The summed E-state index contributed by atoms with van der Waals surface area (Å²) in [4.78, 5) is 15.5. The largest absolute Gasteiger partial charge is 0.481 e. The first-order valence-corrected chi connectivity index (χ1v) is 7.39. The van der Waals surface area contributed by atoms with E-state index in [2.05, 4.69) is 4.98 Å². The van der Waals surface area contributed by atoms with Gasteiger partial charge in [0.2, 0.25) is 0 Å². The van der Waals surface area contributed by atoms with Crippen LogP contribution in [-0.4, -0.2) is 20.6 Å². The Labute approximate surface area is 126 Å². The Kier molecular flexibility index (Phi) is 3.61. The van der Waals surface area contributed by atoms with Crippen LogP contribution < -0.4 is 0 Å². The van der Waals surface area contributed by atoms with Crippen LogP contribution in [0.3, 0.4) is 0 Å². The van der Waals surface area contributed by atoms with E-state index in [4.69, 9.17) is 28.3 Å². The maximum atomic E-state index is 10.8. The molecule has 0 saturated heterocycles. The van der Waals surface area contributed by atoms with E-state index in [-0.39, 0.29) is 6.42 Å². The summed E-state index contributed by atoms with van der Waals surface area (Å²) in [6.45, 7) is 0.412. The summed E-state index contributed by atoms with van der Waals surface area (Å²) in [6, 6.07) is 3.52. The Hall–Kier alpha value is -1.26. The van der Waals surface area contributed by atoms with Gasteiger partial charge in [-0.15, -0.1) is 0 Å². The molecule has 0 spiro atoms. The minimum absolute atomic E-state index is 0.0748.